The van der Waals surface area contributed by atoms with Crippen LogP contribution in [0.5, 0.6) is 0 Å². The highest BCUT2D eigenvalue weighted by atomic mass is 32.2. The van der Waals surface area contributed by atoms with Crippen molar-refractivity contribution in [1.29, 1.82) is 0 Å². The van der Waals surface area contributed by atoms with Crippen LogP contribution in [-0.4, -0.2) is 43.5 Å². The number of rotatable bonds is 4. The molecule has 1 aliphatic heterocycles. The van der Waals surface area contributed by atoms with Crippen molar-refractivity contribution in [1.82, 2.24) is 9.62 Å². The Balaban J connectivity index is 1.94. The molecule has 1 atom stereocenters. The van der Waals surface area contributed by atoms with Crippen LogP contribution in [0.4, 0.5) is 0 Å². The summed E-state index contributed by atoms with van der Waals surface area (Å²) in [6, 6.07) is 0.348. The molecule has 0 spiro atoms. The summed E-state index contributed by atoms with van der Waals surface area (Å²) in [5.41, 5.74) is 0. The fourth-order valence-corrected chi connectivity index (χ4v) is 3.32. The van der Waals surface area contributed by atoms with E-state index in [1.165, 1.54) is 4.31 Å². The quantitative estimate of drug-likeness (QED) is 0.792. The second-order valence-electron chi connectivity index (χ2n) is 4.88. The van der Waals surface area contributed by atoms with Gasteiger partial charge in [-0.25, -0.2) is 12.7 Å². The molecule has 1 saturated carbocycles. The van der Waals surface area contributed by atoms with Crippen molar-refractivity contribution in [2.45, 2.75) is 38.6 Å². The molecule has 2 rings (SSSR count). The lowest BCUT2D eigenvalue weighted by atomic mass is 9.99. The van der Waals surface area contributed by atoms with Gasteiger partial charge in [0, 0.05) is 19.1 Å². The number of hydrogen-bond acceptors (Lipinski definition) is 3. The second-order valence-corrected chi connectivity index (χ2v) is 7.14. The van der Waals surface area contributed by atoms with Crippen LogP contribution in [0.2, 0.25) is 0 Å². The minimum absolute atomic E-state index is 0.0310. The highest BCUT2D eigenvalue weighted by Gasteiger charge is 2.33. The topological polar surface area (TPSA) is 66.5 Å². The van der Waals surface area contributed by atoms with E-state index in [0.29, 0.717) is 19.1 Å². The van der Waals surface area contributed by atoms with Crippen LogP contribution in [0, 0.1) is 5.92 Å². The number of piperidine rings is 1. The van der Waals surface area contributed by atoms with Gasteiger partial charge in [0.15, 0.2) is 0 Å². The van der Waals surface area contributed by atoms with Crippen LogP contribution in [-0.2, 0) is 14.8 Å². The van der Waals surface area contributed by atoms with Gasteiger partial charge in [-0.15, -0.1) is 0 Å². The van der Waals surface area contributed by atoms with Gasteiger partial charge >= 0.3 is 0 Å². The minimum Gasteiger partial charge on any atom is -0.353 e. The van der Waals surface area contributed by atoms with Gasteiger partial charge in [0.1, 0.15) is 0 Å². The third kappa shape index (κ3) is 3.19. The first-order chi connectivity index (χ1) is 8.03. The number of carbonyl (C=O) groups excluding carboxylic acids is 1. The van der Waals surface area contributed by atoms with Crippen molar-refractivity contribution in [3.8, 4) is 0 Å². The standard InChI is InChI=1S/C11H20N2O3S/c1-2-17(15,16)13-7-3-4-9(8-13)11(14)12-10-5-6-10/h9-10H,2-8H2,1H3,(H,12,14)/t9-/m0/s1. The molecule has 5 nitrogen and oxygen atoms in total. The molecule has 17 heavy (non-hydrogen) atoms. The van der Waals surface area contributed by atoms with Crippen molar-refractivity contribution in [2.75, 3.05) is 18.8 Å². The first-order valence-corrected chi connectivity index (χ1v) is 7.92. The van der Waals surface area contributed by atoms with E-state index < -0.39 is 10.0 Å². The Morgan fingerprint density at radius 1 is 1.35 bits per heavy atom. The van der Waals surface area contributed by atoms with Crippen LogP contribution >= 0.6 is 0 Å². The number of nitrogens with one attached hydrogen (secondary N) is 1. The molecule has 1 heterocycles. The van der Waals surface area contributed by atoms with E-state index in [-0.39, 0.29) is 17.6 Å². The normalized spacial score (nSPS) is 26.8. The van der Waals surface area contributed by atoms with Crippen LogP contribution in [0.3, 0.4) is 0 Å². The van der Waals surface area contributed by atoms with E-state index in [1.807, 2.05) is 0 Å². The molecule has 98 valence electrons. The van der Waals surface area contributed by atoms with Crippen LogP contribution < -0.4 is 5.32 Å². The summed E-state index contributed by atoms with van der Waals surface area (Å²) >= 11 is 0. The zero-order valence-corrected chi connectivity index (χ0v) is 11.0. The maximum absolute atomic E-state index is 11.9. The van der Waals surface area contributed by atoms with Gasteiger partial charge < -0.3 is 5.32 Å². The summed E-state index contributed by atoms with van der Waals surface area (Å²) < 4.78 is 25.0. The molecule has 0 aromatic rings. The van der Waals surface area contributed by atoms with Gasteiger partial charge in [0.25, 0.3) is 0 Å². The van der Waals surface area contributed by atoms with E-state index in [2.05, 4.69) is 5.32 Å². The average Bonchev–Trinajstić information content (AvgIpc) is 3.13. The van der Waals surface area contributed by atoms with Crippen molar-refractivity contribution in [2.24, 2.45) is 5.92 Å². The van der Waals surface area contributed by atoms with Crippen molar-refractivity contribution < 1.29 is 13.2 Å². The van der Waals surface area contributed by atoms with Crippen molar-refractivity contribution in [3.63, 3.8) is 0 Å². The summed E-state index contributed by atoms with van der Waals surface area (Å²) in [5, 5.41) is 2.95. The monoisotopic (exact) mass is 260 g/mol. The summed E-state index contributed by atoms with van der Waals surface area (Å²) in [5.74, 6) is -0.0153. The third-order valence-electron chi connectivity index (χ3n) is 3.44. The third-order valence-corrected chi connectivity index (χ3v) is 5.28. The molecule has 1 aliphatic carbocycles. The van der Waals surface area contributed by atoms with Gasteiger partial charge in [0.05, 0.1) is 11.7 Å². The second kappa shape index (κ2) is 4.94. The highest BCUT2D eigenvalue weighted by Crippen LogP contribution is 2.23. The van der Waals surface area contributed by atoms with E-state index in [4.69, 9.17) is 0 Å². The fourth-order valence-electron chi connectivity index (χ4n) is 2.14. The SMILES string of the molecule is CCS(=O)(=O)N1CCC[C@H](C(=O)NC2CC2)C1. The number of sulfonamides is 1. The molecule has 0 radical (unpaired) electrons. The Morgan fingerprint density at radius 3 is 2.65 bits per heavy atom. The summed E-state index contributed by atoms with van der Waals surface area (Å²) in [4.78, 5) is 11.9. The first-order valence-electron chi connectivity index (χ1n) is 6.31. The largest absolute Gasteiger partial charge is 0.353 e. The number of carbonyl (C=O) groups is 1. The Morgan fingerprint density at radius 2 is 2.06 bits per heavy atom. The Kier molecular flexibility index (Phi) is 3.73. The van der Waals surface area contributed by atoms with Gasteiger partial charge in [-0.05, 0) is 32.6 Å². The molecule has 2 fully saturated rings. The average molecular weight is 260 g/mol. The molecule has 0 aromatic heterocycles. The molecule has 1 N–H and O–H groups in total. The number of nitrogens with zero attached hydrogens (tertiary/aromatic N) is 1. The van der Waals surface area contributed by atoms with Crippen LogP contribution in [0.15, 0.2) is 0 Å². The zero-order valence-electron chi connectivity index (χ0n) is 10.2. The first kappa shape index (κ1) is 12.8. The number of amides is 1. The molecule has 0 aromatic carbocycles. The molecular formula is C11H20N2O3S. The van der Waals surface area contributed by atoms with Crippen molar-refractivity contribution >= 4 is 15.9 Å². The maximum Gasteiger partial charge on any atom is 0.224 e. The Hall–Kier alpha value is -0.620. The van der Waals surface area contributed by atoms with E-state index in [9.17, 15) is 13.2 Å². The minimum atomic E-state index is -3.15. The van der Waals surface area contributed by atoms with Gasteiger partial charge in [0.2, 0.25) is 15.9 Å². The highest BCUT2D eigenvalue weighted by molar-refractivity contribution is 7.89. The molecule has 2 aliphatic rings. The lowest BCUT2D eigenvalue weighted by Gasteiger charge is -2.30. The smallest absolute Gasteiger partial charge is 0.224 e. The zero-order chi connectivity index (χ0) is 12.5. The number of hydrogen-bond donors (Lipinski definition) is 1. The van der Waals surface area contributed by atoms with Gasteiger partial charge in [-0.1, -0.05) is 0 Å². The van der Waals surface area contributed by atoms with Gasteiger partial charge in [-0.3, -0.25) is 4.79 Å². The Labute approximate surface area is 103 Å². The lowest BCUT2D eigenvalue weighted by molar-refractivity contribution is -0.126. The maximum atomic E-state index is 11.9. The summed E-state index contributed by atoms with van der Waals surface area (Å²) in [6.07, 6.45) is 3.71. The molecule has 1 amide bonds. The molecule has 0 bridgehead atoms. The Bertz CT molecular complexity index is 390. The van der Waals surface area contributed by atoms with E-state index in [0.717, 1.165) is 25.7 Å². The fraction of sp³-hybridized carbons (Fsp3) is 0.909. The lowest BCUT2D eigenvalue weighted by Crippen LogP contribution is -2.46. The van der Waals surface area contributed by atoms with Crippen molar-refractivity contribution in [3.05, 3.63) is 0 Å². The predicted octanol–water partition coefficient (Wildman–Crippen LogP) is 0.327. The predicted molar refractivity (Wildman–Crippen MR) is 64.9 cm³/mol. The van der Waals surface area contributed by atoms with E-state index >= 15 is 0 Å². The van der Waals surface area contributed by atoms with Crippen LogP contribution in [0.1, 0.15) is 32.6 Å². The summed E-state index contributed by atoms with van der Waals surface area (Å²) in [6.45, 7) is 2.56. The summed E-state index contributed by atoms with van der Waals surface area (Å²) in [7, 11) is -3.15. The molecule has 6 heteroatoms. The van der Waals surface area contributed by atoms with Gasteiger partial charge in [-0.2, -0.15) is 0 Å². The molecular weight excluding hydrogens is 240 g/mol. The molecule has 0 unspecified atom stereocenters. The van der Waals surface area contributed by atoms with E-state index in [1.54, 1.807) is 6.92 Å². The van der Waals surface area contributed by atoms with Crippen LogP contribution in [0.25, 0.3) is 0 Å². The molecule has 1 saturated heterocycles.